The number of rotatable bonds is 2. The zero-order valence-electron chi connectivity index (χ0n) is 6.06. The lowest BCUT2D eigenvalue weighted by Gasteiger charge is -2.07. The van der Waals surface area contributed by atoms with Crippen LogP contribution in [0.15, 0.2) is 24.3 Å². The Kier molecular flexibility index (Phi) is 2.10. The molecule has 0 N–H and O–H groups in total. The molecule has 0 amide bonds. The van der Waals surface area contributed by atoms with Crippen molar-refractivity contribution in [2.24, 2.45) is 5.92 Å². The first-order chi connectivity index (χ1) is 4.34. The van der Waals surface area contributed by atoms with Gasteiger partial charge in [-0.15, -0.1) is 0 Å². The van der Waals surface area contributed by atoms with E-state index < -0.39 is 0 Å². The van der Waals surface area contributed by atoms with E-state index in [1.165, 1.54) is 18.4 Å². The molecule has 0 heterocycles. The summed E-state index contributed by atoms with van der Waals surface area (Å²) in [5.74, 6) is 0.704. The Labute approximate surface area is 57.3 Å². The highest BCUT2D eigenvalue weighted by atomic mass is 14.1. The summed E-state index contributed by atoms with van der Waals surface area (Å²) in [5.41, 5.74) is 1.39. The standard InChI is InChI=1S/C9H14/c1-3-8(2)9-6-4-5-7-9/h4,6,9H,2-3,5,7H2,1H3/t9-/m0/s1. The van der Waals surface area contributed by atoms with Gasteiger partial charge in [-0.05, 0) is 25.2 Å². The molecule has 1 atom stereocenters. The molecule has 0 aliphatic heterocycles. The number of hydrogen-bond acceptors (Lipinski definition) is 0. The summed E-state index contributed by atoms with van der Waals surface area (Å²) in [6.45, 7) is 6.18. The summed E-state index contributed by atoms with van der Waals surface area (Å²) in [6, 6.07) is 0. The molecule has 9 heavy (non-hydrogen) atoms. The molecular formula is C9H14. The maximum atomic E-state index is 4.00. The number of allylic oxidation sites excluding steroid dienone is 3. The van der Waals surface area contributed by atoms with E-state index in [2.05, 4.69) is 25.7 Å². The largest absolute Gasteiger partial charge is 0.0993 e. The van der Waals surface area contributed by atoms with Gasteiger partial charge in [0.05, 0.1) is 0 Å². The molecular weight excluding hydrogens is 108 g/mol. The minimum Gasteiger partial charge on any atom is -0.0993 e. The molecule has 1 aliphatic carbocycles. The lowest BCUT2D eigenvalue weighted by Crippen LogP contribution is -1.93. The van der Waals surface area contributed by atoms with Gasteiger partial charge < -0.3 is 0 Å². The van der Waals surface area contributed by atoms with Crippen molar-refractivity contribution in [3.8, 4) is 0 Å². The molecule has 1 aliphatic rings. The Morgan fingerprint density at radius 3 is 3.00 bits per heavy atom. The van der Waals surface area contributed by atoms with Crippen LogP contribution in [0.1, 0.15) is 26.2 Å². The van der Waals surface area contributed by atoms with Crippen LogP contribution in [-0.4, -0.2) is 0 Å². The van der Waals surface area contributed by atoms with Crippen LogP contribution < -0.4 is 0 Å². The van der Waals surface area contributed by atoms with Crippen molar-refractivity contribution >= 4 is 0 Å². The molecule has 50 valence electrons. The smallest absolute Gasteiger partial charge is 0.00231 e. The molecule has 0 unspecified atom stereocenters. The third-order valence-electron chi connectivity index (χ3n) is 1.99. The first-order valence-electron chi connectivity index (χ1n) is 3.69. The molecule has 0 aromatic carbocycles. The van der Waals surface area contributed by atoms with Crippen molar-refractivity contribution in [1.29, 1.82) is 0 Å². The molecule has 0 spiro atoms. The Balaban J connectivity index is 2.43. The summed E-state index contributed by atoms with van der Waals surface area (Å²) in [5, 5.41) is 0. The molecule has 1 rings (SSSR count). The van der Waals surface area contributed by atoms with E-state index in [0.717, 1.165) is 6.42 Å². The molecule has 0 heteroatoms. The quantitative estimate of drug-likeness (QED) is 0.494. The van der Waals surface area contributed by atoms with Crippen molar-refractivity contribution < 1.29 is 0 Å². The van der Waals surface area contributed by atoms with Crippen LogP contribution >= 0.6 is 0 Å². The van der Waals surface area contributed by atoms with Crippen molar-refractivity contribution in [3.63, 3.8) is 0 Å². The van der Waals surface area contributed by atoms with Crippen LogP contribution in [0.3, 0.4) is 0 Å². The maximum absolute atomic E-state index is 4.00. The van der Waals surface area contributed by atoms with Crippen molar-refractivity contribution in [2.75, 3.05) is 0 Å². The van der Waals surface area contributed by atoms with Crippen molar-refractivity contribution in [3.05, 3.63) is 24.3 Å². The minimum atomic E-state index is 0.704. The fourth-order valence-corrected chi connectivity index (χ4v) is 1.23. The molecule has 0 nitrogen and oxygen atoms in total. The van der Waals surface area contributed by atoms with Gasteiger partial charge >= 0.3 is 0 Å². The van der Waals surface area contributed by atoms with Gasteiger partial charge in [-0.25, -0.2) is 0 Å². The molecule has 0 fully saturated rings. The summed E-state index contributed by atoms with van der Waals surface area (Å²) in [4.78, 5) is 0. The van der Waals surface area contributed by atoms with E-state index in [4.69, 9.17) is 0 Å². The van der Waals surface area contributed by atoms with Crippen molar-refractivity contribution in [2.45, 2.75) is 26.2 Å². The molecule has 0 bridgehead atoms. The number of hydrogen-bond donors (Lipinski definition) is 0. The second-order valence-corrected chi connectivity index (χ2v) is 2.62. The van der Waals surface area contributed by atoms with Gasteiger partial charge in [0.15, 0.2) is 0 Å². The van der Waals surface area contributed by atoms with Crippen molar-refractivity contribution in [1.82, 2.24) is 0 Å². The van der Waals surface area contributed by atoms with Gasteiger partial charge in [0.1, 0.15) is 0 Å². The zero-order chi connectivity index (χ0) is 6.69. The average molecular weight is 122 g/mol. The predicted molar refractivity (Wildman–Crippen MR) is 41.3 cm³/mol. The van der Waals surface area contributed by atoms with Crippen LogP contribution in [0, 0.1) is 5.92 Å². The van der Waals surface area contributed by atoms with Crippen LogP contribution in [0.4, 0.5) is 0 Å². The Morgan fingerprint density at radius 2 is 2.56 bits per heavy atom. The monoisotopic (exact) mass is 122 g/mol. The second-order valence-electron chi connectivity index (χ2n) is 2.62. The lowest BCUT2D eigenvalue weighted by atomic mass is 9.98. The minimum absolute atomic E-state index is 0.704. The summed E-state index contributed by atoms with van der Waals surface area (Å²) in [6.07, 6.45) is 8.22. The third-order valence-corrected chi connectivity index (χ3v) is 1.99. The third kappa shape index (κ3) is 1.44. The van der Waals surface area contributed by atoms with Crippen LogP contribution in [0.5, 0.6) is 0 Å². The highest BCUT2D eigenvalue weighted by molar-refractivity contribution is 5.12. The van der Waals surface area contributed by atoms with Crippen LogP contribution in [0.25, 0.3) is 0 Å². The van der Waals surface area contributed by atoms with Gasteiger partial charge in [0.25, 0.3) is 0 Å². The highest BCUT2D eigenvalue weighted by Crippen LogP contribution is 2.24. The van der Waals surface area contributed by atoms with Gasteiger partial charge in [0.2, 0.25) is 0 Å². The normalized spacial score (nSPS) is 24.8. The maximum Gasteiger partial charge on any atom is -0.00231 e. The summed E-state index contributed by atoms with van der Waals surface area (Å²) in [7, 11) is 0. The first-order valence-corrected chi connectivity index (χ1v) is 3.69. The van der Waals surface area contributed by atoms with Crippen LogP contribution in [-0.2, 0) is 0 Å². The summed E-state index contributed by atoms with van der Waals surface area (Å²) >= 11 is 0. The van der Waals surface area contributed by atoms with E-state index in [0.29, 0.717) is 5.92 Å². The lowest BCUT2D eigenvalue weighted by molar-refractivity contribution is 0.705. The van der Waals surface area contributed by atoms with Gasteiger partial charge in [-0.1, -0.05) is 31.2 Å². The fraction of sp³-hybridized carbons (Fsp3) is 0.556. The zero-order valence-corrected chi connectivity index (χ0v) is 6.06. The van der Waals surface area contributed by atoms with E-state index in [1.807, 2.05) is 0 Å². The van der Waals surface area contributed by atoms with Gasteiger partial charge in [-0.2, -0.15) is 0 Å². The second kappa shape index (κ2) is 2.86. The SMILES string of the molecule is C=C(CC)[C@H]1C=CCC1. The van der Waals surface area contributed by atoms with E-state index in [-0.39, 0.29) is 0 Å². The summed E-state index contributed by atoms with van der Waals surface area (Å²) < 4.78 is 0. The molecule has 0 saturated heterocycles. The molecule has 0 radical (unpaired) electrons. The predicted octanol–water partition coefficient (Wildman–Crippen LogP) is 2.92. The van der Waals surface area contributed by atoms with E-state index in [9.17, 15) is 0 Å². The molecule has 0 saturated carbocycles. The highest BCUT2D eigenvalue weighted by Gasteiger charge is 2.09. The molecule has 0 aromatic heterocycles. The van der Waals surface area contributed by atoms with Gasteiger partial charge in [-0.3, -0.25) is 0 Å². The topological polar surface area (TPSA) is 0 Å². The Hall–Kier alpha value is -0.520. The van der Waals surface area contributed by atoms with E-state index >= 15 is 0 Å². The van der Waals surface area contributed by atoms with Gasteiger partial charge in [0, 0.05) is 0 Å². The molecule has 0 aromatic rings. The first kappa shape index (κ1) is 6.60. The Bertz CT molecular complexity index is 131. The fourth-order valence-electron chi connectivity index (χ4n) is 1.23. The van der Waals surface area contributed by atoms with E-state index in [1.54, 1.807) is 0 Å². The Morgan fingerprint density at radius 1 is 1.78 bits per heavy atom. The van der Waals surface area contributed by atoms with Crippen LogP contribution in [0.2, 0.25) is 0 Å². The average Bonchev–Trinajstić information content (AvgIpc) is 2.37.